The highest BCUT2D eigenvalue weighted by Crippen LogP contribution is 2.14. The molecule has 0 aliphatic rings. The summed E-state index contributed by atoms with van der Waals surface area (Å²) in [6.45, 7) is 8.06. The minimum atomic E-state index is 0. The quantitative estimate of drug-likeness (QED) is 0.399. The van der Waals surface area contributed by atoms with Gasteiger partial charge < -0.3 is 20.3 Å². The summed E-state index contributed by atoms with van der Waals surface area (Å²) >= 11 is 0. The SMILES string of the molecule is CCN(CC)C(N)=NCc1cccc(OCCN(C)C)c1.I. The van der Waals surface area contributed by atoms with Crippen molar-refractivity contribution < 1.29 is 4.74 Å². The lowest BCUT2D eigenvalue weighted by atomic mass is 10.2. The van der Waals surface area contributed by atoms with E-state index in [2.05, 4.69) is 23.7 Å². The third-order valence-electron chi connectivity index (χ3n) is 3.22. The molecule has 0 heterocycles. The largest absolute Gasteiger partial charge is 0.492 e. The van der Waals surface area contributed by atoms with Crippen LogP contribution in [0.5, 0.6) is 5.75 Å². The van der Waals surface area contributed by atoms with Gasteiger partial charge in [-0.2, -0.15) is 0 Å². The standard InChI is InChI=1S/C16H28N4O.HI/c1-5-20(6-2)16(17)18-13-14-8-7-9-15(12-14)21-11-10-19(3)4;/h7-9,12H,5-6,10-11,13H2,1-4H3,(H2,17,18);1H. The molecule has 0 spiro atoms. The van der Waals surface area contributed by atoms with Gasteiger partial charge >= 0.3 is 0 Å². The second-order valence-corrected chi connectivity index (χ2v) is 5.15. The normalized spacial score (nSPS) is 11.2. The number of nitrogens with two attached hydrogens (primary N) is 1. The summed E-state index contributed by atoms with van der Waals surface area (Å²) in [5.41, 5.74) is 7.08. The number of ether oxygens (including phenoxy) is 1. The van der Waals surface area contributed by atoms with Crippen LogP contribution in [0.3, 0.4) is 0 Å². The van der Waals surface area contributed by atoms with Gasteiger partial charge in [0.1, 0.15) is 12.4 Å². The van der Waals surface area contributed by atoms with E-state index < -0.39 is 0 Å². The molecule has 22 heavy (non-hydrogen) atoms. The average molecular weight is 420 g/mol. The van der Waals surface area contributed by atoms with E-state index in [1.54, 1.807) is 0 Å². The predicted molar refractivity (Wildman–Crippen MR) is 104 cm³/mol. The van der Waals surface area contributed by atoms with Gasteiger partial charge in [-0.3, -0.25) is 0 Å². The highest BCUT2D eigenvalue weighted by Gasteiger charge is 2.02. The molecule has 5 nitrogen and oxygen atoms in total. The molecule has 0 aliphatic carbocycles. The molecule has 6 heteroatoms. The topological polar surface area (TPSA) is 54.1 Å². The highest BCUT2D eigenvalue weighted by molar-refractivity contribution is 14.0. The van der Waals surface area contributed by atoms with Gasteiger partial charge in [0.15, 0.2) is 5.96 Å². The lowest BCUT2D eigenvalue weighted by Gasteiger charge is -2.19. The minimum absolute atomic E-state index is 0. The van der Waals surface area contributed by atoms with E-state index >= 15 is 0 Å². The summed E-state index contributed by atoms with van der Waals surface area (Å²) < 4.78 is 5.72. The smallest absolute Gasteiger partial charge is 0.191 e. The maximum Gasteiger partial charge on any atom is 0.191 e. The molecule has 0 amide bonds. The van der Waals surface area contributed by atoms with Crippen LogP contribution < -0.4 is 10.5 Å². The molecular formula is C16H29IN4O. The van der Waals surface area contributed by atoms with Crippen molar-refractivity contribution in [2.24, 2.45) is 10.7 Å². The van der Waals surface area contributed by atoms with E-state index in [4.69, 9.17) is 10.5 Å². The fourth-order valence-electron chi connectivity index (χ4n) is 1.90. The fourth-order valence-corrected chi connectivity index (χ4v) is 1.90. The molecule has 1 aromatic carbocycles. The van der Waals surface area contributed by atoms with E-state index in [1.807, 2.05) is 43.3 Å². The molecule has 0 aromatic heterocycles. The van der Waals surface area contributed by atoms with Gasteiger partial charge in [-0.1, -0.05) is 12.1 Å². The molecule has 2 N–H and O–H groups in total. The number of aliphatic imine (C=N–C) groups is 1. The van der Waals surface area contributed by atoms with Crippen molar-refractivity contribution in [1.29, 1.82) is 0 Å². The van der Waals surface area contributed by atoms with Gasteiger partial charge in [0.05, 0.1) is 6.54 Å². The average Bonchev–Trinajstić information content (AvgIpc) is 2.46. The number of benzene rings is 1. The number of halogens is 1. The summed E-state index contributed by atoms with van der Waals surface area (Å²) in [5.74, 6) is 1.48. The Morgan fingerprint density at radius 1 is 1.23 bits per heavy atom. The maximum atomic E-state index is 5.98. The van der Waals surface area contributed by atoms with Gasteiger partial charge in [-0.05, 0) is 45.6 Å². The van der Waals surface area contributed by atoms with E-state index in [0.29, 0.717) is 19.1 Å². The Labute approximate surface area is 151 Å². The summed E-state index contributed by atoms with van der Waals surface area (Å²) in [4.78, 5) is 8.58. The molecule has 0 bridgehead atoms. The third kappa shape index (κ3) is 7.84. The number of hydrogen-bond acceptors (Lipinski definition) is 3. The van der Waals surface area contributed by atoms with E-state index in [1.165, 1.54) is 0 Å². The van der Waals surface area contributed by atoms with Crippen LogP contribution in [0.15, 0.2) is 29.3 Å². The Balaban J connectivity index is 0.00000441. The first-order chi connectivity index (χ1) is 10.1. The molecule has 0 atom stereocenters. The first kappa shape index (κ1) is 21.0. The van der Waals surface area contributed by atoms with Crippen LogP contribution in [-0.2, 0) is 6.54 Å². The summed E-state index contributed by atoms with van der Waals surface area (Å²) in [5, 5.41) is 0. The van der Waals surface area contributed by atoms with Gasteiger partial charge in [0.25, 0.3) is 0 Å². The van der Waals surface area contributed by atoms with Crippen LogP contribution >= 0.6 is 24.0 Å². The molecule has 1 rings (SSSR count). The van der Waals surface area contributed by atoms with Gasteiger partial charge in [-0.25, -0.2) is 4.99 Å². The van der Waals surface area contributed by atoms with E-state index in [9.17, 15) is 0 Å². The molecule has 0 fully saturated rings. The first-order valence-corrected chi connectivity index (χ1v) is 7.48. The van der Waals surface area contributed by atoms with Crippen molar-refractivity contribution in [1.82, 2.24) is 9.80 Å². The summed E-state index contributed by atoms with van der Waals surface area (Å²) in [7, 11) is 4.06. The van der Waals surface area contributed by atoms with Gasteiger partial charge in [0, 0.05) is 19.6 Å². The van der Waals surface area contributed by atoms with Crippen LogP contribution in [0.2, 0.25) is 0 Å². The number of likely N-dealkylation sites (N-methyl/N-ethyl adjacent to an activating group) is 1. The number of guanidine groups is 1. The monoisotopic (exact) mass is 420 g/mol. The maximum absolute atomic E-state index is 5.98. The fraction of sp³-hybridized carbons (Fsp3) is 0.562. The molecule has 1 aromatic rings. The zero-order chi connectivity index (χ0) is 15.7. The molecule has 126 valence electrons. The summed E-state index contributed by atoms with van der Waals surface area (Å²) in [6.07, 6.45) is 0. The zero-order valence-electron chi connectivity index (χ0n) is 14.1. The van der Waals surface area contributed by atoms with Crippen LogP contribution in [0, 0.1) is 0 Å². The Bertz CT molecular complexity index is 448. The molecule has 0 radical (unpaired) electrons. The van der Waals surface area contributed by atoms with Crippen molar-refractivity contribution in [2.75, 3.05) is 40.3 Å². The molecule has 0 saturated heterocycles. The van der Waals surface area contributed by atoms with E-state index in [-0.39, 0.29) is 24.0 Å². The highest BCUT2D eigenvalue weighted by atomic mass is 127. The summed E-state index contributed by atoms with van der Waals surface area (Å²) in [6, 6.07) is 8.02. The molecular weight excluding hydrogens is 391 g/mol. The van der Waals surface area contributed by atoms with Gasteiger partial charge in [0.2, 0.25) is 0 Å². The van der Waals surface area contributed by atoms with Crippen molar-refractivity contribution in [3.05, 3.63) is 29.8 Å². The first-order valence-electron chi connectivity index (χ1n) is 7.48. The van der Waals surface area contributed by atoms with Crippen molar-refractivity contribution >= 4 is 29.9 Å². The Kier molecular flexibility index (Phi) is 11.0. The zero-order valence-corrected chi connectivity index (χ0v) is 16.4. The van der Waals surface area contributed by atoms with E-state index in [0.717, 1.165) is 30.9 Å². The number of rotatable bonds is 8. The number of nitrogens with zero attached hydrogens (tertiary/aromatic N) is 3. The molecule has 0 aliphatic heterocycles. The third-order valence-corrected chi connectivity index (χ3v) is 3.22. The molecule has 0 saturated carbocycles. The predicted octanol–water partition coefficient (Wildman–Crippen LogP) is 2.40. The van der Waals surface area contributed by atoms with Crippen molar-refractivity contribution in [3.63, 3.8) is 0 Å². The Hall–Kier alpha value is -1.02. The van der Waals surface area contributed by atoms with Crippen LogP contribution in [0.25, 0.3) is 0 Å². The minimum Gasteiger partial charge on any atom is -0.492 e. The second-order valence-electron chi connectivity index (χ2n) is 5.15. The van der Waals surface area contributed by atoms with Crippen molar-refractivity contribution in [3.8, 4) is 5.75 Å². The lowest BCUT2D eigenvalue weighted by Crippen LogP contribution is -2.37. The van der Waals surface area contributed by atoms with Crippen molar-refractivity contribution in [2.45, 2.75) is 20.4 Å². The number of hydrogen-bond donors (Lipinski definition) is 1. The lowest BCUT2D eigenvalue weighted by molar-refractivity contribution is 0.261. The Morgan fingerprint density at radius 3 is 2.50 bits per heavy atom. The molecule has 0 unspecified atom stereocenters. The van der Waals surface area contributed by atoms with Gasteiger partial charge in [-0.15, -0.1) is 24.0 Å². The second kappa shape index (κ2) is 11.5. The Morgan fingerprint density at radius 2 is 1.91 bits per heavy atom. The van der Waals surface area contributed by atoms with Crippen LogP contribution in [0.1, 0.15) is 19.4 Å². The van der Waals surface area contributed by atoms with Crippen LogP contribution in [0.4, 0.5) is 0 Å². The van der Waals surface area contributed by atoms with Crippen LogP contribution in [-0.4, -0.2) is 56.1 Å².